The molecule has 0 saturated carbocycles. The van der Waals surface area contributed by atoms with Gasteiger partial charge in [-0.25, -0.2) is 4.68 Å². The average molecular weight is 437 g/mol. The molecule has 158 valence electrons. The molecule has 3 N–H and O–H groups in total. The number of benzene rings is 2. The standard InChI is InChI=1S/C19H18F3N5O2S/c1-11-8-9-14(29-2)13(10-11)24-16(28)15(12-6-4-3-5-7-12)30-18-26-25-17(27(18)23)19(20,21)22/h3-10,15H,23H2,1-2H3,(H,24,28)/t15-/m0/s1. The molecular formula is C19H18F3N5O2S. The van der Waals surface area contributed by atoms with Crippen LogP contribution in [0.5, 0.6) is 5.75 Å². The molecule has 0 unspecified atom stereocenters. The smallest absolute Gasteiger partial charge is 0.453 e. The van der Waals surface area contributed by atoms with E-state index in [1.165, 1.54) is 7.11 Å². The molecule has 0 saturated heterocycles. The number of nitrogens with one attached hydrogen (secondary N) is 1. The Hall–Kier alpha value is -3.21. The van der Waals surface area contributed by atoms with Crippen molar-refractivity contribution in [1.29, 1.82) is 0 Å². The van der Waals surface area contributed by atoms with Gasteiger partial charge in [-0.1, -0.05) is 48.2 Å². The first-order valence-corrected chi connectivity index (χ1v) is 9.53. The zero-order chi connectivity index (χ0) is 21.9. The number of carbonyl (C=O) groups excluding carboxylic acids is 1. The number of nitrogens with zero attached hydrogens (tertiary/aromatic N) is 3. The number of rotatable bonds is 6. The predicted octanol–water partition coefficient (Wildman–Crippen LogP) is 3.80. The third kappa shape index (κ3) is 4.67. The van der Waals surface area contributed by atoms with Crippen molar-refractivity contribution < 1.29 is 22.7 Å². The van der Waals surface area contributed by atoms with Crippen LogP contribution >= 0.6 is 11.8 Å². The fourth-order valence-electron chi connectivity index (χ4n) is 2.67. The van der Waals surface area contributed by atoms with E-state index >= 15 is 0 Å². The Bertz CT molecular complexity index is 1040. The maximum atomic E-state index is 13.1. The number of alkyl halides is 3. The zero-order valence-corrected chi connectivity index (χ0v) is 16.8. The van der Waals surface area contributed by atoms with Crippen LogP contribution in [0.25, 0.3) is 0 Å². The van der Waals surface area contributed by atoms with Crippen molar-refractivity contribution in [1.82, 2.24) is 14.9 Å². The van der Waals surface area contributed by atoms with Gasteiger partial charge in [-0.3, -0.25) is 4.79 Å². The number of aryl methyl sites for hydroxylation is 1. The van der Waals surface area contributed by atoms with Crippen molar-refractivity contribution in [2.24, 2.45) is 0 Å². The molecule has 0 radical (unpaired) electrons. The highest BCUT2D eigenvalue weighted by molar-refractivity contribution is 8.00. The van der Waals surface area contributed by atoms with Crippen LogP contribution in [0.1, 0.15) is 22.2 Å². The third-order valence-corrected chi connectivity index (χ3v) is 5.31. The molecule has 1 aromatic heterocycles. The fraction of sp³-hybridized carbons (Fsp3) is 0.211. The molecule has 3 rings (SSSR count). The Morgan fingerprint density at radius 1 is 1.20 bits per heavy atom. The number of methoxy groups -OCH3 is 1. The number of hydrogen-bond acceptors (Lipinski definition) is 6. The lowest BCUT2D eigenvalue weighted by Gasteiger charge is -2.18. The van der Waals surface area contributed by atoms with Gasteiger partial charge in [-0.15, -0.1) is 10.2 Å². The molecule has 11 heteroatoms. The van der Waals surface area contributed by atoms with Gasteiger partial charge in [0.2, 0.25) is 11.1 Å². The fourth-order valence-corrected chi connectivity index (χ4v) is 3.63. The molecule has 0 aliphatic heterocycles. The molecule has 2 aromatic carbocycles. The van der Waals surface area contributed by atoms with Crippen molar-refractivity contribution in [2.45, 2.75) is 23.5 Å². The molecule has 1 atom stereocenters. The molecule has 3 aromatic rings. The first-order chi connectivity index (χ1) is 14.2. The van der Waals surface area contributed by atoms with E-state index in [1.54, 1.807) is 42.5 Å². The number of halogens is 3. The average Bonchev–Trinajstić information content (AvgIpc) is 3.07. The van der Waals surface area contributed by atoms with Crippen LogP contribution in [0.2, 0.25) is 0 Å². The number of amides is 1. The SMILES string of the molecule is COc1ccc(C)cc1NC(=O)[C@@H](Sc1nnc(C(F)(F)F)n1N)c1ccccc1. The molecule has 1 amide bonds. The van der Waals surface area contributed by atoms with E-state index in [-0.39, 0.29) is 5.16 Å². The first-order valence-electron chi connectivity index (χ1n) is 8.65. The van der Waals surface area contributed by atoms with Crippen molar-refractivity contribution in [3.05, 3.63) is 65.5 Å². The van der Waals surface area contributed by atoms with E-state index < -0.39 is 23.2 Å². The van der Waals surface area contributed by atoms with Gasteiger partial charge in [-0.05, 0) is 30.2 Å². The summed E-state index contributed by atoms with van der Waals surface area (Å²) in [4.78, 5) is 13.1. The first kappa shape index (κ1) is 21.5. The highest BCUT2D eigenvalue weighted by Gasteiger charge is 2.39. The summed E-state index contributed by atoms with van der Waals surface area (Å²) in [7, 11) is 1.47. The van der Waals surface area contributed by atoms with Crippen LogP contribution in [0, 0.1) is 6.92 Å². The molecule has 0 spiro atoms. The maximum Gasteiger partial charge on any atom is 0.453 e. The summed E-state index contributed by atoms with van der Waals surface area (Å²) >= 11 is 0.762. The molecule has 0 bridgehead atoms. The number of carbonyl (C=O) groups is 1. The molecule has 30 heavy (non-hydrogen) atoms. The van der Waals surface area contributed by atoms with Crippen molar-refractivity contribution in [3.8, 4) is 5.75 Å². The Balaban J connectivity index is 1.94. The quantitative estimate of drug-likeness (QED) is 0.450. The number of nitrogens with two attached hydrogens (primary N) is 1. The summed E-state index contributed by atoms with van der Waals surface area (Å²) in [5.74, 6) is 4.15. The van der Waals surface area contributed by atoms with Gasteiger partial charge >= 0.3 is 6.18 Å². The van der Waals surface area contributed by atoms with Crippen LogP contribution in [-0.2, 0) is 11.0 Å². The lowest BCUT2D eigenvalue weighted by molar-refractivity contribution is -0.146. The van der Waals surface area contributed by atoms with Gasteiger partial charge in [0.05, 0.1) is 12.8 Å². The number of hydrogen-bond donors (Lipinski definition) is 2. The number of anilines is 1. The van der Waals surface area contributed by atoms with Gasteiger partial charge in [0.25, 0.3) is 5.82 Å². The van der Waals surface area contributed by atoms with E-state index in [9.17, 15) is 18.0 Å². The minimum atomic E-state index is -4.76. The second-order valence-electron chi connectivity index (χ2n) is 6.28. The normalized spacial score (nSPS) is 12.4. The minimum Gasteiger partial charge on any atom is -0.495 e. The molecule has 0 aliphatic rings. The molecule has 7 nitrogen and oxygen atoms in total. The Labute approximate surface area is 174 Å². The van der Waals surface area contributed by atoms with Crippen LogP contribution < -0.4 is 15.9 Å². The van der Waals surface area contributed by atoms with E-state index in [1.807, 2.05) is 13.0 Å². The Kier molecular flexibility index (Phi) is 6.20. The van der Waals surface area contributed by atoms with E-state index in [0.29, 0.717) is 21.7 Å². The Morgan fingerprint density at radius 3 is 2.50 bits per heavy atom. The number of nitrogen functional groups attached to an aromatic ring is 1. The largest absolute Gasteiger partial charge is 0.495 e. The van der Waals surface area contributed by atoms with Crippen LogP contribution in [0.15, 0.2) is 53.7 Å². The van der Waals surface area contributed by atoms with E-state index in [0.717, 1.165) is 17.3 Å². The summed E-state index contributed by atoms with van der Waals surface area (Å²) in [5, 5.41) is 8.20. The summed E-state index contributed by atoms with van der Waals surface area (Å²) in [6, 6.07) is 13.8. The summed E-state index contributed by atoms with van der Waals surface area (Å²) < 4.78 is 44.6. The molecule has 0 aliphatic carbocycles. The monoisotopic (exact) mass is 437 g/mol. The summed E-state index contributed by atoms with van der Waals surface area (Å²) in [6.07, 6.45) is -4.76. The van der Waals surface area contributed by atoms with Gasteiger partial charge in [0, 0.05) is 0 Å². The highest BCUT2D eigenvalue weighted by Crippen LogP contribution is 2.37. The predicted molar refractivity (Wildman–Crippen MR) is 107 cm³/mol. The van der Waals surface area contributed by atoms with Gasteiger partial charge in [-0.2, -0.15) is 13.2 Å². The lowest BCUT2D eigenvalue weighted by Crippen LogP contribution is -2.23. The minimum absolute atomic E-state index is 0.248. The van der Waals surface area contributed by atoms with Gasteiger partial charge < -0.3 is 15.9 Å². The highest BCUT2D eigenvalue weighted by atomic mass is 32.2. The van der Waals surface area contributed by atoms with Crippen LogP contribution in [0.4, 0.5) is 18.9 Å². The lowest BCUT2D eigenvalue weighted by atomic mass is 10.1. The van der Waals surface area contributed by atoms with E-state index in [2.05, 4.69) is 15.5 Å². The number of thioether (sulfide) groups is 1. The van der Waals surface area contributed by atoms with E-state index in [4.69, 9.17) is 10.6 Å². The van der Waals surface area contributed by atoms with Crippen LogP contribution in [0.3, 0.4) is 0 Å². The second-order valence-corrected chi connectivity index (χ2v) is 7.35. The van der Waals surface area contributed by atoms with Crippen LogP contribution in [-0.4, -0.2) is 27.9 Å². The van der Waals surface area contributed by atoms with Crippen molar-refractivity contribution >= 4 is 23.4 Å². The number of ether oxygens (including phenoxy) is 1. The maximum absolute atomic E-state index is 13.1. The Morgan fingerprint density at radius 2 is 1.90 bits per heavy atom. The molecule has 1 heterocycles. The molecule has 0 fully saturated rings. The summed E-state index contributed by atoms with van der Waals surface area (Å²) in [5.41, 5.74) is 1.89. The van der Waals surface area contributed by atoms with Crippen molar-refractivity contribution in [3.63, 3.8) is 0 Å². The van der Waals surface area contributed by atoms with Crippen molar-refractivity contribution in [2.75, 3.05) is 18.3 Å². The molecular weight excluding hydrogens is 419 g/mol. The van der Waals surface area contributed by atoms with Gasteiger partial charge in [0.15, 0.2) is 0 Å². The second kappa shape index (κ2) is 8.66. The third-order valence-electron chi connectivity index (χ3n) is 4.09. The zero-order valence-electron chi connectivity index (χ0n) is 16.0. The topological polar surface area (TPSA) is 95.1 Å². The summed E-state index contributed by atoms with van der Waals surface area (Å²) in [6.45, 7) is 1.86. The number of aromatic nitrogens is 3. The van der Waals surface area contributed by atoms with Gasteiger partial charge in [0.1, 0.15) is 11.0 Å².